The molecule has 0 amide bonds. The number of aromatic nitrogens is 1. The molecule has 1 aromatic rings. The summed E-state index contributed by atoms with van der Waals surface area (Å²) in [5.74, 6) is 1.94. The van der Waals surface area contributed by atoms with Gasteiger partial charge in [0.25, 0.3) is 0 Å². The average molecular weight is 361 g/mol. The summed E-state index contributed by atoms with van der Waals surface area (Å²) in [4.78, 5) is 7.17. The Morgan fingerprint density at radius 2 is 1.85 bits per heavy atom. The predicted molar refractivity (Wildman–Crippen MR) is 109 cm³/mol. The molecule has 5 heteroatoms. The second-order valence-corrected chi connectivity index (χ2v) is 8.31. The van der Waals surface area contributed by atoms with E-state index in [1.54, 1.807) is 0 Å². The summed E-state index contributed by atoms with van der Waals surface area (Å²) in [5.41, 5.74) is 8.24. The van der Waals surface area contributed by atoms with Crippen molar-refractivity contribution in [1.29, 1.82) is 0 Å². The second-order valence-electron chi connectivity index (χ2n) is 8.31. The smallest absolute Gasteiger partial charge is 0.129 e. The second kappa shape index (κ2) is 9.05. The van der Waals surface area contributed by atoms with Crippen LogP contribution in [0.3, 0.4) is 0 Å². The lowest BCUT2D eigenvalue weighted by atomic mass is 9.84. The van der Waals surface area contributed by atoms with Gasteiger partial charge in [0.1, 0.15) is 5.82 Å². The number of aryl methyl sites for hydroxylation is 1. The number of morpholine rings is 1. The van der Waals surface area contributed by atoms with E-state index in [1.807, 2.05) is 0 Å². The molecule has 1 aliphatic carbocycles. The average Bonchev–Trinajstić information content (AvgIpc) is 2.60. The summed E-state index contributed by atoms with van der Waals surface area (Å²) < 4.78 is 5.82. The topological polar surface area (TPSA) is 63.4 Å². The highest BCUT2D eigenvalue weighted by Gasteiger charge is 2.23. The van der Waals surface area contributed by atoms with E-state index in [-0.39, 0.29) is 12.2 Å². The number of ether oxygens (including phenoxy) is 1. The van der Waals surface area contributed by atoms with E-state index < -0.39 is 0 Å². The molecule has 146 valence electrons. The first kappa shape index (κ1) is 19.4. The van der Waals surface area contributed by atoms with E-state index in [9.17, 15) is 0 Å². The zero-order valence-corrected chi connectivity index (χ0v) is 16.7. The Labute approximate surface area is 158 Å². The number of anilines is 2. The van der Waals surface area contributed by atoms with E-state index in [4.69, 9.17) is 15.5 Å². The van der Waals surface area contributed by atoms with E-state index in [2.05, 4.69) is 43.1 Å². The predicted octanol–water partition coefficient (Wildman–Crippen LogP) is 3.71. The molecule has 2 heterocycles. The molecule has 3 rings (SSSR count). The minimum atomic E-state index is 0.257. The minimum Gasteiger partial charge on any atom is -0.384 e. The molecule has 1 aliphatic heterocycles. The number of hydrogen-bond donors (Lipinski definition) is 2. The van der Waals surface area contributed by atoms with Gasteiger partial charge in [0.2, 0.25) is 0 Å². The first-order chi connectivity index (χ1) is 12.5. The van der Waals surface area contributed by atoms with Crippen LogP contribution in [0.2, 0.25) is 0 Å². The molecular formula is C21H36N4O. The molecule has 0 aromatic carbocycles. The molecule has 5 nitrogen and oxygen atoms in total. The molecule has 2 aliphatic rings. The van der Waals surface area contributed by atoms with Gasteiger partial charge in [0.05, 0.1) is 23.6 Å². The van der Waals surface area contributed by atoms with Crippen LogP contribution < -0.4 is 16.0 Å². The van der Waals surface area contributed by atoms with Crippen LogP contribution in [0.5, 0.6) is 0 Å². The Balaban J connectivity index is 1.45. The lowest BCUT2D eigenvalue weighted by molar-refractivity contribution is -0.00546. The van der Waals surface area contributed by atoms with Gasteiger partial charge in [0.15, 0.2) is 0 Å². The molecule has 0 spiro atoms. The maximum absolute atomic E-state index is 6.00. The van der Waals surface area contributed by atoms with Gasteiger partial charge in [-0.25, -0.2) is 4.98 Å². The molecule has 2 atom stereocenters. The summed E-state index contributed by atoms with van der Waals surface area (Å²) in [5, 5.41) is 3.58. The van der Waals surface area contributed by atoms with Crippen LogP contribution in [0.15, 0.2) is 12.1 Å². The van der Waals surface area contributed by atoms with Crippen LogP contribution in [-0.2, 0) is 4.74 Å². The number of nitrogens with zero attached hydrogens (tertiary/aromatic N) is 2. The zero-order valence-electron chi connectivity index (χ0n) is 16.7. The molecule has 1 aromatic heterocycles. The summed E-state index contributed by atoms with van der Waals surface area (Å²) in [6.45, 7) is 9.21. The van der Waals surface area contributed by atoms with Gasteiger partial charge in [-0.2, -0.15) is 0 Å². The highest BCUT2D eigenvalue weighted by molar-refractivity contribution is 5.53. The molecule has 2 fully saturated rings. The standard InChI is InChI=1S/C21H36N4O/c1-15-13-25(14-16(2)26-15)21-11-10-20(17(3)24-21)23-12-4-5-18-6-8-19(22)9-7-18/h10-11,15-16,18-19,23H,4-9,12-14,22H2,1-3H3/t15?,16?,18-,19-. The van der Waals surface area contributed by atoms with E-state index in [0.717, 1.165) is 42.8 Å². The molecule has 0 radical (unpaired) electrons. The monoisotopic (exact) mass is 360 g/mol. The highest BCUT2D eigenvalue weighted by atomic mass is 16.5. The lowest BCUT2D eigenvalue weighted by Gasteiger charge is -2.36. The van der Waals surface area contributed by atoms with Gasteiger partial charge in [-0.05, 0) is 77.3 Å². The number of nitrogens with one attached hydrogen (secondary N) is 1. The van der Waals surface area contributed by atoms with E-state index >= 15 is 0 Å². The Kier molecular flexibility index (Phi) is 6.76. The first-order valence-corrected chi connectivity index (χ1v) is 10.4. The van der Waals surface area contributed by atoms with Gasteiger partial charge in [0, 0.05) is 25.7 Å². The molecular weight excluding hydrogens is 324 g/mol. The van der Waals surface area contributed by atoms with Crippen LogP contribution >= 0.6 is 0 Å². The van der Waals surface area contributed by atoms with Gasteiger partial charge in [-0.1, -0.05) is 0 Å². The van der Waals surface area contributed by atoms with E-state index in [1.165, 1.54) is 38.5 Å². The van der Waals surface area contributed by atoms with Crippen molar-refractivity contribution in [3.63, 3.8) is 0 Å². The maximum atomic E-state index is 6.00. The molecule has 2 unspecified atom stereocenters. The van der Waals surface area contributed by atoms with Crippen LogP contribution in [0.25, 0.3) is 0 Å². The molecule has 1 saturated heterocycles. The van der Waals surface area contributed by atoms with Crippen molar-refractivity contribution >= 4 is 11.5 Å². The Hall–Kier alpha value is -1.33. The van der Waals surface area contributed by atoms with Crippen molar-refractivity contribution in [3.05, 3.63) is 17.8 Å². The summed E-state index contributed by atoms with van der Waals surface area (Å²) in [6.07, 6.45) is 8.09. The Morgan fingerprint density at radius 3 is 2.50 bits per heavy atom. The number of rotatable bonds is 6. The van der Waals surface area contributed by atoms with Crippen molar-refractivity contribution in [3.8, 4) is 0 Å². The molecule has 1 saturated carbocycles. The van der Waals surface area contributed by atoms with Crippen LogP contribution in [0.4, 0.5) is 11.5 Å². The van der Waals surface area contributed by atoms with Crippen molar-refractivity contribution in [2.24, 2.45) is 11.7 Å². The Morgan fingerprint density at radius 1 is 1.15 bits per heavy atom. The summed E-state index contributed by atoms with van der Waals surface area (Å²) in [6, 6.07) is 4.78. The quantitative estimate of drug-likeness (QED) is 0.757. The van der Waals surface area contributed by atoms with Crippen LogP contribution in [-0.4, -0.2) is 42.9 Å². The Bertz CT molecular complexity index is 561. The van der Waals surface area contributed by atoms with Crippen molar-refractivity contribution in [2.75, 3.05) is 29.9 Å². The fourth-order valence-electron chi connectivity index (χ4n) is 4.37. The third kappa shape index (κ3) is 5.34. The fraction of sp³-hybridized carbons (Fsp3) is 0.762. The van der Waals surface area contributed by atoms with Gasteiger partial charge >= 0.3 is 0 Å². The zero-order chi connectivity index (χ0) is 18.5. The first-order valence-electron chi connectivity index (χ1n) is 10.4. The minimum absolute atomic E-state index is 0.257. The third-order valence-corrected chi connectivity index (χ3v) is 5.81. The molecule has 3 N–H and O–H groups in total. The van der Waals surface area contributed by atoms with Crippen LogP contribution in [0, 0.1) is 12.8 Å². The number of pyridine rings is 1. The largest absolute Gasteiger partial charge is 0.384 e. The number of nitrogens with two attached hydrogens (primary N) is 1. The summed E-state index contributed by atoms with van der Waals surface area (Å²) in [7, 11) is 0. The number of hydrogen-bond acceptors (Lipinski definition) is 5. The fourth-order valence-corrected chi connectivity index (χ4v) is 4.37. The van der Waals surface area contributed by atoms with Crippen molar-refractivity contribution in [1.82, 2.24) is 4.98 Å². The molecule has 0 bridgehead atoms. The third-order valence-electron chi connectivity index (χ3n) is 5.81. The van der Waals surface area contributed by atoms with Crippen molar-refractivity contribution < 1.29 is 4.74 Å². The van der Waals surface area contributed by atoms with Gasteiger partial charge in [-0.3, -0.25) is 0 Å². The normalized spacial score (nSPS) is 29.6. The van der Waals surface area contributed by atoms with Gasteiger partial charge < -0.3 is 20.7 Å². The van der Waals surface area contributed by atoms with Crippen molar-refractivity contribution in [2.45, 2.75) is 77.5 Å². The summed E-state index contributed by atoms with van der Waals surface area (Å²) >= 11 is 0. The maximum Gasteiger partial charge on any atom is 0.129 e. The van der Waals surface area contributed by atoms with Crippen LogP contribution in [0.1, 0.15) is 58.1 Å². The highest BCUT2D eigenvalue weighted by Crippen LogP contribution is 2.27. The van der Waals surface area contributed by atoms with Gasteiger partial charge in [-0.15, -0.1) is 0 Å². The molecule has 26 heavy (non-hydrogen) atoms. The van der Waals surface area contributed by atoms with E-state index in [0.29, 0.717) is 6.04 Å². The lowest BCUT2D eigenvalue weighted by Crippen LogP contribution is -2.45. The SMILES string of the molecule is Cc1nc(N2CC(C)OC(C)C2)ccc1NCCC[C@H]1CC[C@H](N)CC1.